The Morgan fingerprint density at radius 3 is 2.92 bits per heavy atom. The Balaban J connectivity index is 1.59. The number of amides is 1. The first-order chi connectivity index (χ1) is 12.0. The van der Waals surface area contributed by atoms with Crippen LogP contribution in [0.1, 0.15) is 36.0 Å². The SMILES string of the molecule is CC1NCCCC1NC(=O)c1cc(COc2c(Cl)cccc2Cl)on1. The molecule has 1 aliphatic heterocycles. The molecule has 0 spiro atoms. The fourth-order valence-electron chi connectivity index (χ4n) is 2.74. The van der Waals surface area contributed by atoms with E-state index in [1.807, 2.05) is 0 Å². The molecule has 1 saturated heterocycles. The molecule has 0 radical (unpaired) electrons. The Bertz CT molecular complexity index is 730. The van der Waals surface area contributed by atoms with Crippen LogP contribution in [-0.2, 0) is 6.61 Å². The molecule has 0 aliphatic carbocycles. The first-order valence-electron chi connectivity index (χ1n) is 8.11. The molecule has 1 aliphatic rings. The Morgan fingerprint density at radius 2 is 2.20 bits per heavy atom. The maximum atomic E-state index is 12.3. The van der Waals surface area contributed by atoms with E-state index >= 15 is 0 Å². The average molecular weight is 384 g/mol. The van der Waals surface area contributed by atoms with E-state index in [2.05, 4.69) is 22.7 Å². The predicted octanol–water partition coefficient (Wildman–Crippen LogP) is 3.43. The molecule has 3 rings (SSSR count). The highest BCUT2D eigenvalue weighted by molar-refractivity contribution is 6.37. The summed E-state index contributed by atoms with van der Waals surface area (Å²) in [6, 6.07) is 6.97. The number of carbonyl (C=O) groups excluding carboxylic acids is 1. The van der Waals surface area contributed by atoms with Crippen molar-refractivity contribution >= 4 is 29.1 Å². The number of ether oxygens (including phenoxy) is 1. The van der Waals surface area contributed by atoms with Crippen LogP contribution < -0.4 is 15.4 Å². The van der Waals surface area contributed by atoms with Gasteiger partial charge in [0.25, 0.3) is 5.91 Å². The average Bonchev–Trinajstić information content (AvgIpc) is 3.05. The van der Waals surface area contributed by atoms with E-state index in [1.165, 1.54) is 0 Å². The lowest BCUT2D eigenvalue weighted by Gasteiger charge is -2.30. The van der Waals surface area contributed by atoms with Gasteiger partial charge in [0, 0.05) is 18.2 Å². The molecule has 2 N–H and O–H groups in total. The van der Waals surface area contributed by atoms with Gasteiger partial charge < -0.3 is 19.9 Å². The molecule has 134 valence electrons. The van der Waals surface area contributed by atoms with E-state index in [9.17, 15) is 4.79 Å². The van der Waals surface area contributed by atoms with Gasteiger partial charge in [0.2, 0.25) is 0 Å². The van der Waals surface area contributed by atoms with Crippen molar-refractivity contribution in [1.29, 1.82) is 0 Å². The third kappa shape index (κ3) is 4.45. The quantitative estimate of drug-likeness (QED) is 0.826. The molecule has 0 saturated carbocycles. The molecule has 6 nitrogen and oxygen atoms in total. The molecule has 2 heterocycles. The summed E-state index contributed by atoms with van der Waals surface area (Å²) in [4.78, 5) is 12.3. The lowest BCUT2D eigenvalue weighted by Crippen LogP contribution is -2.51. The number of hydrogen-bond acceptors (Lipinski definition) is 5. The topological polar surface area (TPSA) is 76.4 Å². The number of benzene rings is 1. The number of piperidine rings is 1. The van der Waals surface area contributed by atoms with Crippen molar-refractivity contribution < 1.29 is 14.1 Å². The zero-order valence-electron chi connectivity index (χ0n) is 13.7. The number of nitrogens with one attached hydrogen (secondary N) is 2. The van der Waals surface area contributed by atoms with E-state index in [0.717, 1.165) is 19.4 Å². The molecule has 1 fully saturated rings. The summed E-state index contributed by atoms with van der Waals surface area (Å²) in [5.41, 5.74) is 0.224. The normalized spacial score (nSPS) is 20.3. The van der Waals surface area contributed by atoms with Gasteiger partial charge in [-0.2, -0.15) is 0 Å². The van der Waals surface area contributed by atoms with Crippen molar-refractivity contribution in [3.8, 4) is 5.75 Å². The predicted molar refractivity (Wildman–Crippen MR) is 95.2 cm³/mol. The third-order valence-corrected chi connectivity index (χ3v) is 4.74. The van der Waals surface area contributed by atoms with E-state index in [0.29, 0.717) is 21.6 Å². The van der Waals surface area contributed by atoms with Gasteiger partial charge in [-0.3, -0.25) is 4.79 Å². The van der Waals surface area contributed by atoms with Crippen molar-refractivity contribution in [2.45, 2.75) is 38.5 Å². The summed E-state index contributed by atoms with van der Waals surface area (Å²) in [6.45, 7) is 3.11. The molecule has 1 amide bonds. The summed E-state index contributed by atoms with van der Waals surface area (Å²) in [5.74, 6) is 0.526. The second-order valence-electron chi connectivity index (χ2n) is 5.98. The van der Waals surface area contributed by atoms with Crippen LogP contribution in [0.4, 0.5) is 0 Å². The molecular formula is C17H19Cl2N3O3. The number of hydrogen-bond donors (Lipinski definition) is 2. The Labute approximate surface area is 155 Å². The highest BCUT2D eigenvalue weighted by atomic mass is 35.5. The fraction of sp³-hybridized carbons (Fsp3) is 0.412. The highest BCUT2D eigenvalue weighted by Crippen LogP contribution is 2.32. The molecule has 0 bridgehead atoms. The summed E-state index contributed by atoms with van der Waals surface area (Å²) < 4.78 is 10.7. The van der Waals surface area contributed by atoms with Crippen molar-refractivity contribution in [2.75, 3.05) is 6.54 Å². The van der Waals surface area contributed by atoms with E-state index < -0.39 is 0 Å². The minimum atomic E-state index is -0.258. The number of carbonyl (C=O) groups is 1. The van der Waals surface area contributed by atoms with E-state index in [1.54, 1.807) is 24.3 Å². The van der Waals surface area contributed by atoms with Crippen LogP contribution in [-0.4, -0.2) is 29.7 Å². The molecule has 2 atom stereocenters. The Kier molecular flexibility index (Phi) is 5.83. The van der Waals surface area contributed by atoms with Gasteiger partial charge in [-0.1, -0.05) is 34.4 Å². The smallest absolute Gasteiger partial charge is 0.273 e. The summed E-state index contributed by atoms with van der Waals surface area (Å²) in [7, 11) is 0. The minimum Gasteiger partial charge on any atom is -0.482 e. The number of aromatic nitrogens is 1. The van der Waals surface area contributed by atoms with Gasteiger partial charge in [0.15, 0.2) is 17.2 Å². The van der Waals surface area contributed by atoms with Crippen molar-refractivity contribution in [3.63, 3.8) is 0 Å². The van der Waals surface area contributed by atoms with Gasteiger partial charge in [0.05, 0.1) is 10.0 Å². The monoisotopic (exact) mass is 383 g/mol. The molecular weight excluding hydrogens is 365 g/mol. The molecule has 2 aromatic rings. The van der Waals surface area contributed by atoms with Crippen LogP contribution in [0.3, 0.4) is 0 Å². The maximum absolute atomic E-state index is 12.3. The van der Waals surface area contributed by atoms with E-state index in [-0.39, 0.29) is 30.3 Å². The van der Waals surface area contributed by atoms with Crippen LogP contribution in [0.5, 0.6) is 5.75 Å². The van der Waals surface area contributed by atoms with Gasteiger partial charge in [0.1, 0.15) is 6.61 Å². The van der Waals surface area contributed by atoms with Crippen molar-refractivity contribution in [3.05, 3.63) is 45.8 Å². The number of rotatable bonds is 5. The van der Waals surface area contributed by atoms with Crippen molar-refractivity contribution in [2.24, 2.45) is 0 Å². The maximum Gasteiger partial charge on any atom is 0.273 e. The number of nitrogens with zero attached hydrogens (tertiary/aromatic N) is 1. The summed E-state index contributed by atoms with van der Waals surface area (Å²) >= 11 is 12.1. The first kappa shape index (κ1) is 18.0. The zero-order chi connectivity index (χ0) is 17.8. The van der Waals surface area contributed by atoms with Crippen LogP contribution in [0.25, 0.3) is 0 Å². The molecule has 25 heavy (non-hydrogen) atoms. The van der Waals surface area contributed by atoms with Gasteiger partial charge in [-0.15, -0.1) is 0 Å². The third-order valence-electron chi connectivity index (χ3n) is 4.15. The molecule has 2 unspecified atom stereocenters. The molecule has 8 heteroatoms. The number of para-hydroxylation sites is 1. The van der Waals surface area contributed by atoms with Gasteiger partial charge >= 0.3 is 0 Å². The summed E-state index contributed by atoms with van der Waals surface area (Å²) in [6.07, 6.45) is 1.98. The van der Waals surface area contributed by atoms with Crippen LogP contribution >= 0.6 is 23.2 Å². The lowest BCUT2D eigenvalue weighted by molar-refractivity contribution is 0.0910. The Morgan fingerprint density at radius 1 is 1.44 bits per heavy atom. The second kappa shape index (κ2) is 8.08. The first-order valence-corrected chi connectivity index (χ1v) is 8.87. The summed E-state index contributed by atoms with van der Waals surface area (Å²) in [5, 5.41) is 10.9. The number of halogens is 2. The van der Waals surface area contributed by atoms with Crippen LogP contribution in [0.15, 0.2) is 28.8 Å². The largest absolute Gasteiger partial charge is 0.482 e. The van der Waals surface area contributed by atoms with Crippen LogP contribution in [0.2, 0.25) is 10.0 Å². The Hall–Kier alpha value is -1.76. The van der Waals surface area contributed by atoms with E-state index in [4.69, 9.17) is 32.5 Å². The fourth-order valence-corrected chi connectivity index (χ4v) is 3.24. The van der Waals surface area contributed by atoms with Gasteiger partial charge in [-0.25, -0.2) is 0 Å². The standard InChI is InChI=1S/C17H19Cl2N3O3/c1-10-14(6-3-7-20-10)21-17(23)15-8-11(25-22-15)9-24-16-12(18)4-2-5-13(16)19/h2,4-5,8,10,14,20H,3,6-7,9H2,1H3,(H,21,23). The zero-order valence-corrected chi connectivity index (χ0v) is 15.2. The minimum absolute atomic E-state index is 0.0745. The highest BCUT2D eigenvalue weighted by Gasteiger charge is 2.24. The second-order valence-corrected chi connectivity index (χ2v) is 6.80. The lowest BCUT2D eigenvalue weighted by atomic mass is 10.00. The van der Waals surface area contributed by atoms with Crippen LogP contribution in [0, 0.1) is 0 Å². The van der Waals surface area contributed by atoms with Crippen molar-refractivity contribution in [1.82, 2.24) is 15.8 Å². The molecule has 1 aromatic heterocycles. The van der Waals surface area contributed by atoms with Gasteiger partial charge in [-0.05, 0) is 38.4 Å². The molecule has 1 aromatic carbocycles.